The van der Waals surface area contributed by atoms with Crippen molar-refractivity contribution in [3.05, 3.63) is 0 Å². The van der Waals surface area contributed by atoms with Crippen LogP contribution in [0.25, 0.3) is 0 Å². The molecule has 4 atom stereocenters. The number of unbranched alkanes of at least 4 members (excludes halogenated alkanes) is 1. The van der Waals surface area contributed by atoms with Crippen molar-refractivity contribution in [2.75, 3.05) is 0 Å². The van der Waals surface area contributed by atoms with Crippen molar-refractivity contribution in [3.8, 4) is 0 Å². The highest BCUT2D eigenvalue weighted by atomic mass is 16.5. The molecule has 0 saturated carbocycles. The van der Waals surface area contributed by atoms with Crippen molar-refractivity contribution in [2.45, 2.75) is 52.2 Å². The summed E-state index contributed by atoms with van der Waals surface area (Å²) in [7, 11) is 0. The molecule has 3 heteroatoms. The van der Waals surface area contributed by atoms with Gasteiger partial charge >= 0.3 is 5.97 Å². The van der Waals surface area contributed by atoms with Crippen LogP contribution in [0.5, 0.6) is 0 Å². The molecule has 3 nitrogen and oxygen atoms in total. The van der Waals surface area contributed by atoms with E-state index in [-0.39, 0.29) is 23.9 Å². The molecule has 1 heterocycles. The first kappa shape index (κ1) is 11.5. The lowest BCUT2D eigenvalue weighted by Gasteiger charge is -2.36. The molecule has 0 spiro atoms. The van der Waals surface area contributed by atoms with Crippen LogP contribution in [0, 0.1) is 11.8 Å². The summed E-state index contributed by atoms with van der Waals surface area (Å²) in [5.41, 5.74) is 0. The molecule has 1 rings (SSSR count). The van der Waals surface area contributed by atoms with E-state index in [1.54, 1.807) is 6.92 Å². The molecule has 1 saturated heterocycles. The molecule has 0 aromatic rings. The third kappa shape index (κ3) is 2.27. The highest BCUT2D eigenvalue weighted by Crippen LogP contribution is 2.30. The summed E-state index contributed by atoms with van der Waals surface area (Å²) in [6.45, 7) is 5.72. The Morgan fingerprint density at radius 3 is 2.64 bits per heavy atom. The summed E-state index contributed by atoms with van der Waals surface area (Å²) in [6.07, 6.45) is 2.46. The lowest BCUT2D eigenvalue weighted by Crippen LogP contribution is -2.46. The maximum absolute atomic E-state index is 11.3. The van der Waals surface area contributed by atoms with Crippen molar-refractivity contribution in [1.29, 1.82) is 0 Å². The van der Waals surface area contributed by atoms with Gasteiger partial charge in [-0.3, -0.25) is 4.79 Å². The van der Waals surface area contributed by atoms with Gasteiger partial charge < -0.3 is 9.84 Å². The normalized spacial score (nSPS) is 38.1. The first-order valence-corrected chi connectivity index (χ1v) is 5.46. The van der Waals surface area contributed by atoms with Crippen molar-refractivity contribution in [1.82, 2.24) is 0 Å². The molecule has 0 aromatic heterocycles. The molecule has 0 unspecified atom stereocenters. The van der Waals surface area contributed by atoms with Crippen LogP contribution in [-0.4, -0.2) is 23.3 Å². The molecule has 0 aliphatic carbocycles. The van der Waals surface area contributed by atoms with Gasteiger partial charge in [0, 0.05) is 5.92 Å². The Kier molecular flexibility index (Phi) is 3.93. The Hall–Kier alpha value is -0.570. The van der Waals surface area contributed by atoms with Crippen molar-refractivity contribution >= 4 is 5.97 Å². The van der Waals surface area contributed by atoms with Gasteiger partial charge in [-0.25, -0.2) is 0 Å². The second kappa shape index (κ2) is 4.78. The summed E-state index contributed by atoms with van der Waals surface area (Å²) >= 11 is 0. The molecule has 0 bridgehead atoms. The quantitative estimate of drug-likeness (QED) is 0.706. The molecular formula is C11H20O3. The molecule has 0 amide bonds. The molecule has 1 fully saturated rings. The minimum Gasteiger partial charge on any atom is -0.462 e. The standard InChI is InChI=1S/C11H20O3/c1-4-5-6-9-8(3)14-11(13)7(2)10(9)12/h7-10,12H,4-6H2,1-3H3/t7-,8-,9-,10-/m0/s1. The number of rotatable bonds is 3. The van der Waals surface area contributed by atoms with E-state index in [1.807, 2.05) is 6.92 Å². The molecule has 1 aliphatic rings. The Morgan fingerprint density at radius 2 is 2.07 bits per heavy atom. The fourth-order valence-electron chi connectivity index (χ4n) is 2.01. The van der Waals surface area contributed by atoms with Crippen LogP contribution in [0.1, 0.15) is 40.0 Å². The van der Waals surface area contributed by atoms with Gasteiger partial charge in [0.15, 0.2) is 0 Å². The Labute approximate surface area is 85.5 Å². The Balaban J connectivity index is 2.59. The van der Waals surface area contributed by atoms with E-state index in [0.29, 0.717) is 0 Å². The van der Waals surface area contributed by atoms with E-state index in [0.717, 1.165) is 19.3 Å². The van der Waals surface area contributed by atoms with E-state index >= 15 is 0 Å². The summed E-state index contributed by atoms with van der Waals surface area (Å²) in [4.78, 5) is 11.3. The number of carbonyl (C=O) groups is 1. The molecular weight excluding hydrogens is 180 g/mol. The number of cyclic esters (lactones) is 1. The number of carbonyl (C=O) groups excluding carboxylic acids is 1. The highest BCUT2D eigenvalue weighted by Gasteiger charge is 2.40. The maximum Gasteiger partial charge on any atom is 0.311 e. The smallest absolute Gasteiger partial charge is 0.311 e. The topological polar surface area (TPSA) is 46.5 Å². The van der Waals surface area contributed by atoms with Gasteiger partial charge in [0.2, 0.25) is 0 Å². The van der Waals surface area contributed by atoms with Crippen LogP contribution >= 0.6 is 0 Å². The number of aliphatic hydroxyl groups is 1. The first-order chi connectivity index (χ1) is 6.57. The SMILES string of the molecule is CCCC[C@@H]1[C@@H](O)[C@H](C)C(=O)O[C@H]1C. The number of hydrogen-bond acceptors (Lipinski definition) is 3. The monoisotopic (exact) mass is 200 g/mol. The average Bonchev–Trinajstić information content (AvgIpc) is 2.14. The predicted molar refractivity (Wildman–Crippen MR) is 53.7 cm³/mol. The molecule has 0 radical (unpaired) electrons. The summed E-state index contributed by atoms with van der Waals surface area (Å²) in [6, 6.07) is 0. The van der Waals surface area contributed by atoms with Crippen LogP contribution in [0.2, 0.25) is 0 Å². The minimum atomic E-state index is -0.530. The van der Waals surface area contributed by atoms with Gasteiger partial charge in [-0.2, -0.15) is 0 Å². The van der Waals surface area contributed by atoms with E-state index in [4.69, 9.17) is 4.74 Å². The van der Waals surface area contributed by atoms with Crippen LogP contribution in [0.4, 0.5) is 0 Å². The first-order valence-electron chi connectivity index (χ1n) is 5.46. The lowest BCUT2D eigenvalue weighted by molar-refractivity contribution is -0.177. The van der Waals surface area contributed by atoms with E-state index in [2.05, 4.69) is 6.92 Å². The largest absolute Gasteiger partial charge is 0.462 e. The summed E-state index contributed by atoms with van der Waals surface area (Å²) in [5.74, 6) is -0.520. The second-order valence-corrected chi connectivity index (χ2v) is 4.23. The average molecular weight is 200 g/mol. The molecule has 1 N–H and O–H groups in total. The molecule has 14 heavy (non-hydrogen) atoms. The van der Waals surface area contributed by atoms with Crippen LogP contribution in [0.3, 0.4) is 0 Å². The lowest BCUT2D eigenvalue weighted by atomic mass is 9.82. The van der Waals surface area contributed by atoms with Gasteiger partial charge in [-0.1, -0.05) is 19.8 Å². The van der Waals surface area contributed by atoms with E-state index in [1.165, 1.54) is 0 Å². The van der Waals surface area contributed by atoms with Gasteiger partial charge in [0.25, 0.3) is 0 Å². The van der Waals surface area contributed by atoms with E-state index < -0.39 is 6.10 Å². The van der Waals surface area contributed by atoms with Crippen LogP contribution in [0.15, 0.2) is 0 Å². The summed E-state index contributed by atoms with van der Waals surface area (Å²) in [5, 5.41) is 9.90. The number of esters is 1. The van der Waals surface area contributed by atoms with Crippen molar-refractivity contribution in [3.63, 3.8) is 0 Å². The fourth-order valence-corrected chi connectivity index (χ4v) is 2.01. The molecule has 82 valence electrons. The predicted octanol–water partition coefficient (Wildman–Crippen LogP) is 1.74. The zero-order valence-electron chi connectivity index (χ0n) is 9.19. The van der Waals surface area contributed by atoms with Gasteiger partial charge in [-0.15, -0.1) is 0 Å². The Bertz CT molecular complexity index is 203. The van der Waals surface area contributed by atoms with Crippen LogP contribution < -0.4 is 0 Å². The third-order valence-electron chi connectivity index (χ3n) is 3.12. The molecule has 0 aromatic carbocycles. The zero-order chi connectivity index (χ0) is 10.7. The van der Waals surface area contributed by atoms with E-state index in [9.17, 15) is 9.90 Å². The van der Waals surface area contributed by atoms with Crippen molar-refractivity contribution < 1.29 is 14.6 Å². The summed E-state index contributed by atoms with van der Waals surface area (Å²) < 4.78 is 5.18. The number of hydrogen-bond donors (Lipinski definition) is 1. The van der Waals surface area contributed by atoms with Gasteiger partial charge in [0.1, 0.15) is 6.10 Å². The molecule has 1 aliphatic heterocycles. The third-order valence-corrected chi connectivity index (χ3v) is 3.12. The van der Waals surface area contributed by atoms with Crippen LogP contribution in [-0.2, 0) is 9.53 Å². The minimum absolute atomic E-state index is 0.114. The second-order valence-electron chi connectivity index (χ2n) is 4.23. The maximum atomic E-state index is 11.3. The zero-order valence-corrected chi connectivity index (χ0v) is 9.19. The number of ether oxygens (including phenoxy) is 1. The van der Waals surface area contributed by atoms with Gasteiger partial charge in [-0.05, 0) is 20.3 Å². The van der Waals surface area contributed by atoms with Crippen molar-refractivity contribution in [2.24, 2.45) is 11.8 Å². The highest BCUT2D eigenvalue weighted by molar-refractivity contribution is 5.73. The van der Waals surface area contributed by atoms with Gasteiger partial charge in [0.05, 0.1) is 12.0 Å². The number of aliphatic hydroxyl groups excluding tert-OH is 1. The fraction of sp³-hybridized carbons (Fsp3) is 0.909. The Morgan fingerprint density at radius 1 is 1.43 bits per heavy atom.